The van der Waals surface area contributed by atoms with Gasteiger partial charge >= 0.3 is 6.03 Å². The summed E-state index contributed by atoms with van der Waals surface area (Å²) in [5.41, 5.74) is 1.11. The molecule has 3 rings (SSSR count). The maximum absolute atomic E-state index is 13.1. The minimum Gasteiger partial charge on any atom is -0.497 e. The van der Waals surface area contributed by atoms with E-state index in [1.807, 2.05) is 0 Å². The van der Waals surface area contributed by atoms with Crippen LogP contribution in [0.25, 0.3) is 0 Å². The molecule has 0 radical (unpaired) electrons. The summed E-state index contributed by atoms with van der Waals surface area (Å²) in [5.74, 6) is 0.202. The molecule has 0 atom stereocenters. The van der Waals surface area contributed by atoms with Gasteiger partial charge in [-0.25, -0.2) is 4.79 Å². The van der Waals surface area contributed by atoms with Crippen LogP contribution in [0.5, 0.6) is 5.75 Å². The van der Waals surface area contributed by atoms with Crippen LogP contribution in [0.4, 0.5) is 21.9 Å². The number of methoxy groups -OCH3 is 1. The van der Waals surface area contributed by atoms with Gasteiger partial charge in [0.1, 0.15) is 5.75 Å². The number of benzene rings is 3. The lowest BCUT2D eigenvalue weighted by Crippen LogP contribution is -2.37. The van der Waals surface area contributed by atoms with Crippen LogP contribution in [0, 0.1) is 10.1 Å². The summed E-state index contributed by atoms with van der Waals surface area (Å²) in [6.45, 7) is 0.517. The van der Waals surface area contributed by atoms with Crippen LogP contribution in [0.15, 0.2) is 66.7 Å². The quantitative estimate of drug-likeness (QED) is 0.213. The van der Waals surface area contributed by atoms with Gasteiger partial charge in [0.15, 0.2) is 0 Å². The first-order chi connectivity index (χ1) is 16.8. The summed E-state index contributed by atoms with van der Waals surface area (Å²) < 4.78 is 5.18. The minimum atomic E-state index is -0.560. The summed E-state index contributed by atoms with van der Waals surface area (Å²) in [6.07, 6.45) is 0.418. The molecular formula is C24H22Cl2N4O5. The van der Waals surface area contributed by atoms with Crippen molar-refractivity contribution in [3.63, 3.8) is 0 Å². The van der Waals surface area contributed by atoms with Gasteiger partial charge in [-0.3, -0.25) is 19.8 Å². The molecule has 0 saturated carbocycles. The Morgan fingerprint density at radius 2 is 1.77 bits per heavy atom. The van der Waals surface area contributed by atoms with Gasteiger partial charge in [-0.1, -0.05) is 29.3 Å². The second-order valence-corrected chi connectivity index (χ2v) is 8.14. The molecule has 3 aromatic carbocycles. The number of hydrogen-bond donors (Lipinski definition) is 2. The number of hydrogen-bond acceptors (Lipinski definition) is 5. The van der Waals surface area contributed by atoms with Crippen molar-refractivity contribution in [3.05, 3.63) is 92.5 Å². The Labute approximate surface area is 211 Å². The van der Waals surface area contributed by atoms with Gasteiger partial charge in [-0.15, -0.1) is 0 Å². The van der Waals surface area contributed by atoms with Crippen LogP contribution < -0.4 is 20.3 Å². The zero-order valence-electron chi connectivity index (χ0n) is 18.7. The van der Waals surface area contributed by atoms with Crippen LogP contribution in [0.1, 0.15) is 16.8 Å². The van der Waals surface area contributed by atoms with E-state index in [2.05, 4.69) is 10.6 Å². The highest BCUT2D eigenvalue weighted by Crippen LogP contribution is 2.26. The Kier molecular flexibility index (Phi) is 8.88. The summed E-state index contributed by atoms with van der Waals surface area (Å²) in [6, 6.07) is 16.8. The van der Waals surface area contributed by atoms with Crippen molar-refractivity contribution in [1.29, 1.82) is 0 Å². The molecule has 182 valence electrons. The third kappa shape index (κ3) is 7.08. The summed E-state index contributed by atoms with van der Waals surface area (Å²) in [5, 5.41) is 17.1. The van der Waals surface area contributed by atoms with Gasteiger partial charge in [0.2, 0.25) is 0 Å². The molecule has 0 aromatic heterocycles. The van der Waals surface area contributed by atoms with E-state index in [1.165, 1.54) is 29.2 Å². The Morgan fingerprint density at radius 3 is 2.43 bits per heavy atom. The third-order valence-corrected chi connectivity index (χ3v) is 5.70. The van der Waals surface area contributed by atoms with Crippen LogP contribution >= 0.6 is 23.2 Å². The molecule has 3 amide bonds. The monoisotopic (exact) mass is 516 g/mol. The lowest BCUT2D eigenvalue weighted by molar-refractivity contribution is -0.384. The number of nitrogens with one attached hydrogen (secondary N) is 2. The zero-order valence-corrected chi connectivity index (χ0v) is 20.2. The maximum atomic E-state index is 13.1. The SMILES string of the molecule is COc1ccc(N(CCCNC(=O)c2cccc([N+](=O)[O-])c2)C(=O)Nc2ccc(Cl)c(Cl)c2)cc1. The topological polar surface area (TPSA) is 114 Å². The van der Waals surface area contributed by atoms with Crippen molar-refractivity contribution in [2.24, 2.45) is 0 Å². The van der Waals surface area contributed by atoms with Crippen LogP contribution in [-0.4, -0.2) is 37.1 Å². The highest BCUT2D eigenvalue weighted by atomic mass is 35.5. The van der Waals surface area contributed by atoms with E-state index < -0.39 is 16.9 Å². The molecule has 0 aliphatic carbocycles. The number of carbonyl (C=O) groups excluding carboxylic acids is 2. The average molecular weight is 517 g/mol. The Hall–Kier alpha value is -3.82. The molecule has 0 aliphatic rings. The number of anilines is 2. The second-order valence-electron chi connectivity index (χ2n) is 7.33. The molecule has 2 N–H and O–H groups in total. The fourth-order valence-electron chi connectivity index (χ4n) is 3.18. The van der Waals surface area contributed by atoms with Crippen molar-refractivity contribution < 1.29 is 19.2 Å². The Morgan fingerprint density at radius 1 is 1.03 bits per heavy atom. The van der Waals surface area contributed by atoms with Gasteiger partial charge in [0.05, 0.1) is 22.1 Å². The van der Waals surface area contributed by atoms with Crippen molar-refractivity contribution in [2.45, 2.75) is 6.42 Å². The van der Waals surface area contributed by atoms with Crippen LogP contribution in [-0.2, 0) is 0 Å². The molecule has 0 heterocycles. The van der Waals surface area contributed by atoms with Crippen LogP contribution in [0.3, 0.4) is 0 Å². The first-order valence-electron chi connectivity index (χ1n) is 10.5. The first kappa shape index (κ1) is 25.8. The molecule has 0 bridgehead atoms. The normalized spacial score (nSPS) is 10.4. The summed E-state index contributed by atoms with van der Waals surface area (Å²) in [7, 11) is 1.55. The smallest absolute Gasteiger partial charge is 0.326 e. The van der Waals surface area contributed by atoms with Gasteiger partial charge in [-0.05, 0) is 55.0 Å². The molecular weight excluding hydrogens is 495 g/mol. The van der Waals surface area contributed by atoms with E-state index in [9.17, 15) is 19.7 Å². The van der Waals surface area contributed by atoms with E-state index >= 15 is 0 Å². The number of rotatable bonds is 9. The lowest BCUT2D eigenvalue weighted by atomic mass is 10.2. The first-order valence-corrected chi connectivity index (χ1v) is 11.2. The summed E-state index contributed by atoms with van der Waals surface area (Å²) in [4.78, 5) is 37.3. The van der Waals surface area contributed by atoms with Gasteiger partial charge < -0.3 is 15.4 Å². The predicted octanol–water partition coefficient (Wildman–Crippen LogP) is 5.77. The van der Waals surface area contributed by atoms with Crippen molar-refractivity contribution in [2.75, 3.05) is 30.4 Å². The lowest BCUT2D eigenvalue weighted by Gasteiger charge is -2.24. The molecule has 11 heteroatoms. The van der Waals surface area contributed by atoms with Crippen molar-refractivity contribution >= 4 is 52.2 Å². The van der Waals surface area contributed by atoms with Crippen molar-refractivity contribution in [3.8, 4) is 5.75 Å². The molecule has 9 nitrogen and oxygen atoms in total. The van der Waals surface area contributed by atoms with E-state index in [1.54, 1.807) is 49.6 Å². The van der Waals surface area contributed by atoms with E-state index in [0.717, 1.165) is 0 Å². The van der Waals surface area contributed by atoms with E-state index in [0.29, 0.717) is 33.6 Å². The number of urea groups is 1. The fraction of sp³-hybridized carbons (Fsp3) is 0.167. The number of nitro groups is 1. The number of nitrogens with zero attached hydrogens (tertiary/aromatic N) is 2. The van der Waals surface area contributed by atoms with Crippen molar-refractivity contribution in [1.82, 2.24) is 5.32 Å². The number of amides is 3. The number of halogens is 2. The highest BCUT2D eigenvalue weighted by molar-refractivity contribution is 6.42. The van der Waals surface area contributed by atoms with Gasteiger partial charge in [0.25, 0.3) is 11.6 Å². The third-order valence-electron chi connectivity index (χ3n) is 4.96. The number of nitro benzene ring substituents is 1. The molecule has 0 spiro atoms. The van der Waals surface area contributed by atoms with E-state index in [4.69, 9.17) is 27.9 Å². The largest absolute Gasteiger partial charge is 0.497 e. The average Bonchev–Trinajstić information content (AvgIpc) is 2.86. The molecule has 3 aromatic rings. The van der Waals surface area contributed by atoms with E-state index in [-0.39, 0.29) is 24.3 Å². The summed E-state index contributed by atoms with van der Waals surface area (Å²) >= 11 is 12.0. The standard InChI is InChI=1S/C24H22Cl2N4O5/c1-35-20-9-7-18(8-10-20)29(24(32)28-17-6-11-21(25)22(26)15-17)13-3-12-27-23(31)16-4-2-5-19(14-16)30(33)34/h2,4-11,14-15H,3,12-13H2,1H3,(H,27,31)(H,28,32). The molecule has 0 aliphatic heterocycles. The molecule has 0 saturated heterocycles. The van der Waals surface area contributed by atoms with Gasteiger partial charge in [-0.2, -0.15) is 0 Å². The highest BCUT2D eigenvalue weighted by Gasteiger charge is 2.17. The number of carbonyl (C=O) groups is 2. The Balaban J connectivity index is 1.66. The predicted molar refractivity (Wildman–Crippen MR) is 136 cm³/mol. The molecule has 35 heavy (non-hydrogen) atoms. The second kappa shape index (κ2) is 12.0. The fourth-order valence-corrected chi connectivity index (χ4v) is 3.47. The number of non-ortho nitro benzene ring substituents is 1. The molecule has 0 unspecified atom stereocenters. The van der Waals surface area contributed by atoms with Gasteiger partial charge in [0, 0.05) is 42.2 Å². The Bertz CT molecular complexity index is 1220. The number of ether oxygens (including phenoxy) is 1. The maximum Gasteiger partial charge on any atom is 0.326 e. The minimum absolute atomic E-state index is 0.165. The molecule has 0 fully saturated rings. The zero-order chi connectivity index (χ0) is 25.4. The van der Waals surface area contributed by atoms with Crippen LogP contribution in [0.2, 0.25) is 10.0 Å².